The van der Waals surface area contributed by atoms with Crippen molar-refractivity contribution in [1.29, 1.82) is 0 Å². The zero-order valence-corrected chi connectivity index (χ0v) is 16.5. The molecule has 6 heteroatoms. The molecule has 0 aliphatic heterocycles. The van der Waals surface area contributed by atoms with E-state index in [4.69, 9.17) is 4.98 Å². The van der Waals surface area contributed by atoms with Gasteiger partial charge in [-0.1, -0.05) is 42.1 Å². The van der Waals surface area contributed by atoms with Crippen LogP contribution < -0.4 is 5.56 Å². The van der Waals surface area contributed by atoms with Gasteiger partial charge in [0.05, 0.1) is 10.6 Å². The molecule has 0 spiro atoms. The van der Waals surface area contributed by atoms with Gasteiger partial charge in [-0.15, -0.1) is 11.3 Å². The summed E-state index contributed by atoms with van der Waals surface area (Å²) in [5.74, 6) is 0.0513. The van der Waals surface area contributed by atoms with Crippen molar-refractivity contribution >= 4 is 39.1 Å². The first-order valence-corrected chi connectivity index (χ1v) is 10.5. The van der Waals surface area contributed by atoms with E-state index in [1.807, 2.05) is 37.3 Å². The van der Waals surface area contributed by atoms with Crippen LogP contribution in [0.4, 0.5) is 0 Å². The summed E-state index contributed by atoms with van der Waals surface area (Å²) in [7, 11) is 1.75. The van der Waals surface area contributed by atoms with E-state index in [0.29, 0.717) is 10.7 Å². The number of thioether (sulfide) groups is 1. The Kier molecular flexibility index (Phi) is 4.71. The van der Waals surface area contributed by atoms with Gasteiger partial charge in [-0.05, 0) is 38.2 Å². The molecule has 3 aromatic rings. The Morgan fingerprint density at radius 1 is 1.23 bits per heavy atom. The summed E-state index contributed by atoms with van der Waals surface area (Å²) in [6.45, 7) is 1.87. The first-order chi connectivity index (χ1) is 12.6. The summed E-state index contributed by atoms with van der Waals surface area (Å²) in [6, 6.07) is 9.26. The zero-order valence-electron chi connectivity index (χ0n) is 14.8. The molecular weight excluding hydrogens is 364 g/mol. The molecule has 0 amide bonds. The van der Waals surface area contributed by atoms with Crippen molar-refractivity contribution < 1.29 is 4.79 Å². The van der Waals surface area contributed by atoms with Crippen molar-refractivity contribution in [3.8, 4) is 0 Å². The summed E-state index contributed by atoms with van der Waals surface area (Å²) in [6.07, 6.45) is 4.35. The molecule has 1 aromatic carbocycles. The van der Waals surface area contributed by atoms with Crippen LogP contribution in [-0.2, 0) is 19.9 Å². The van der Waals surface area contributed by atoms with Crippen LogP contribution in [0.2, 0.25) is 0 Å². The van der Waals surface area contributed by atoms with Crippen LogP contribution in [0.1, 0.15) is 40.6 Å². The minimum Gasteiger partial charge on any atom is -0.293 e. The topological polar surface area (TPSA) is 52.0 Å². The number of aromatic nitrogens is 2. The second kappa shape index (κ2) is 7.00. The fraction of sp³-hybridized carbons (Fsp3) is 0.350. The first kappa shape index (κ1) is 17.5. The standard InChI is InChI=1S/C20H20N2O2S2/c1-12(17(23)13-8-4-3-5-9-13)25-20-21-18-16(19(24)22(20)2)14-10-6-7-11-15(14)26-18/h3-5,8-9,12H,6-7,10-11H2,1-2H3. The van der Waals surface area contributed by atoms with Crippen molar-refractivity contribution in [1.82, 2.24) is 9.55 Å². The highest BCUT2D eigenvalue weighted by Crippen LogP contribution is 2.35. The van der Waals surface area contributed by atoms with Gasteiger partial charge in [-0.2, -0.15) is 0 Å². The summed E-state index contributed by atoms with van der Waals surface area (Å²) in [5, 5.41) is 1.10. The van der Waals surface area contributed by atoms with Crippen LogP contribution >= 0.6 is 23.1 Å². The molecule has 0 fully saturated rings. The van der Waals surface area contributed by atoms with E-state index in [1.165, 1.54) is 28.6 Å². The molecule has 1 aliphatic carbocycles. The van der Waals surface area contributed by atoms with Crippen molar-refractivity contribution in [2.75, 3.05) is 0 Å². The average molecular weight is 385 g/mol. The Hall–Kier alpha value is -1.92. The number of Topliss-reactive ketones (excluding diaryl/α,β-unsaturated/α-hetero) is 1. The zero-order chi connectivity index (χ0) is 18.3. The highest BCUT2D eigenvalue weighted by atomic mass is 32.2. The lowest BCUT2D eigenvalue weighted by molar-refractivity contribution is 0.0994. The molecule has 0 saturated heterocycles. The van der Waals surface area contributed by atoms with E-state index in [9.17, 15) is 9.59 Å². The van der Waals surface area contributed by atoms with Crippen LogP contribution in [0.3, 0.4) is 0 Å². The molecule has 4 rings (SSSR count). The number of rotatable bonds is 4. The van der Waals surface area contributed by atoms with Gasteiger partial charge in [0, 0.05) is 17.5 Å². The van der Waals surface area contributed by atoms with Gasteiger partial charge >= 0.3 is 0 Å². The lowest BCUT2D eigenvalue weighted by Crippen LogP contribution is -2.22. The second-order valence-electron chi connectivity index (χ2n) is 6.64. The van der Waals surface area contributed by atoms with E-state index in [1.54, 1.807) is 23.0 Å². The largest absolute Gasteiger partial charge is 0.293 e. The van der Waals surface area contributed by atoms with E-state index in [0.717, 1.165) is 29.5 Å². The predicted molar refractivity (Wildman–Crippen MR) is 108 cm³/mol. The molecule has 1 atom stereocenters. The summed E-state index contributed by atoms with van der Waals surface area (Å²) >= 11 is 3.00. The van der Waals surface area contributed by atoms with Gasteiger partial charge in [0.15, 0.2) is 10.9 Å². The third-order valence-electron chi connectivity index (χ3n) is 4.87. The quantitative estimate of drug-likeness (QED) is 0.384. The Bertz CT molecular complexity index is 1040. The molecule has 26 heavy (non-hydrogen) atoms. The summed E-state index contributed by atoms with van der Waals surface area (Å²) in [4.78, 5) is 32.5. The van der Waals surface area contributed by atoms with Crippen LogP contribution in [0, 0.1) is 0 Å². The number of thiophene rings is 1. The molecule has 2 heterocycles. The third kappa shape index (κ3) is 3.01. The molecule has 1 aliphatic rings. The van der Waals surface area contributed by atoms with Crippen molar-refractivity contribution in [3.05, 3.63) is 56.7 Å². The normalized spacial score (nSPS) is 15.0. The maximum Gasteiger partial charge on any atom is 0.262 e. The SMILES string of the molecule is CC(Sc1nc2sc3c(c2c(=O)n1C)CCCC3)C(=O)c1ccccc1. The number of carbonyl (C=O) groups excluding carboxylic acids is 1. The van der Waals surface area contributed by atoms with E-state index in [2.05, 4.69) is 0 Å². The number of hydrogen-bond acceptors (Lipinski definition) is 5. The fourth-order valence-electron chi connectivity index (χ4n) is 3.42. The first-order valence-electron chi connectivity index (χ1n) is 8.83. The fourth-order valence-corrected chi connectivity index (χ4v) is 5.68. The molecule has 4 nitrogen and oxygen atoms in total. The Balaban J connectivity index is 1.70. The molecule has 0 saturated carbocycles. The highest BCUT2D eigenvalue weighted by molar-refractivity contribution is 8.00. The molecule has 0 bridgehead atoms. The van der Waals surface area contributed by atoms with E-state index in [-0.39, 0.29) is 16.6 Å². The van der Waals surface area contributed by atoms with Crippen LogP contribution in [0.15, 0.2) is 40.3 Å². The van der Waals surface area contributed by atoms with Crippen LogP contribution in [0.5, 0.6) is 0 Å². The van der Waals surface area contributed by atoms with E-state index < -0.39 is 0 Å². The van der Waals surface area contributed by atoms with Gasteiger partial charge in [0.1, 0.15) is 4.83 Å². The minimum absolute atomic E-state index is 0.0104. The maximum atomic E-state index is 12.9. The van der Waals surface area contributed by atoms with Crippen molar-refractivity contribution in [2.24, 2.45) is 7.05 Å². The monoisotopic (exact) mass is 384 g/mol. The predicted octanol–water partition coefficient (Wildman–Crippen LogP) is 4.24. The van der Waals surface area contributed by atoms with E-state index >= 15 is 0 Å². The summed E-state index contributed by atoms with van der Waals surface area (Å²) in [5.41, 5.74) is 1.90. The number of aryl methyl sites for hydroxylation is 2. The Labute approximate surface area is 160 Å². The van der Waals surface area contributed by atoms with Gasteiger partial charge in [-0.25, -0.2) is 4.98 Å². The van der Waals surface area contributed by atoms with Gasteiger partial charge in [0.25, 0.3) is 5.56 Å². The van der Waals surface area contributed by atoms with Crippen molar-refractivity contribution in [3.63, 3.8) is 0 Å². The number of hydrogen-bond donors (Lipinski definition) is 0. The van der Waals surface area contributed by atoms with Crippen molar-refractivity contribution in [2.45, 2.75) is 43.0 Å². The molecule has 0 radical (unpaired) electrons. The molecule has 134 valence electrons. The molecule has 0 N–H and O–H groups in total. The molecular formula is C20H20N2O2S2. The number of ketones is 1. The Morgan fingerprint density at radius 2 is 1.96 bits per heavy atom. The molecule has 2 aromatic heterocycles. The van der Waals surface area contributed by atoms with Crippen LogP contribution in [0.25, 0.3) is 10.2 Å². The lowest BCUT2D eigenvalue weighted by Gasteiger charge is -2.13. The van der Waals surface area contributed by atoms with Gasteiger partial charge in [0.2, 0.25) is 0 Å². The summed E-state index contributed by atoms with van der Waals surface area (Å²) < 4.78 is 1.60. The highest BCUT2D eigenvalue weighted by Gasteiger charge is 2.23. The maximum absolute atomic E-state index is 12.9. The lowest BCUT2D eigenvalue weighted by atomic mass is 9.97. The number of fused-ring (bicyclic) bond motifs is 3. The third-order valence-corrected chi connectivity index (χ3v) is 7.19. The smallest absolute Gasteiger partial charge is 0.262 e. The van der Waals surface area contributed by atoms with Crippen LogP contribution in [-0.4, -0.2) is 20.6 Å². The minimum atomic E-state index is -0.303. The average Bonchev–Trinajstić information content (AvgIpc) is 3.04. The number of carbonyl (C=O) groups is 1. The van der Waals surface area contributed by atoms with Gasteiger partial charge < -0.3 is 0 Å². The Morgan fingerprint density at radius 3 is 2.73 bits per heavy atom. The van der Waals surface area contributed by atoms with Gasteiger partial charge in [-0.3, -0.25) is 14.2 Å². The molecule has 1 unspecified atom stereocenters. The second-order valence-corrected chi connectivity index (χ2v) is 9.03. The number of benzene rings is 1. The number of nitrogens with zero attached hydrogens (tertiary/aromatic N) is 2.